The summed E-state index contributed by atoms with van der Waals surface area (Å²) in [4.78, 5) is 11.5. The zero-order valence-electron chi connectivity index (χ0n) is 9.30. The van der Waals surface area contributed by atoms with Crippen LogP contribution in [0.5, 0.6) is 0 Å². The van der Waals surface area contributed by atoms with Crippen LogP contribution in [0, 0.1) is 11.6 Å². The first-order chi connectivity index (χ1) is 7.54. The summed E-state index contributed by atoms with van der Waals surface area (Å²) in [6.45, 7) is 3.50. The topological polar surface area (TPSA) is 26.3 Å². The van der Waals surface area contributed by atoms with E-state index in [2.05, 4.69) is 0 Å². The van der Waals surface area contributed by atoms with E-state index in [1.165, 1.54) is 0 Å². The van der Waals surface area contributed by atoms with Crippen LogP contribution in [0.25, 0.3) is 0 Å². The van der Waals surface area contributed by atoms with Crippen molar-refractivity contribution >= 4 is 5.78 Å². The molecule has 1 atom stereocenters. The SMILES string of the molecule is CCC(C)OCC(=O)c1cc(F)ccc1F. The Balaban J connectivity index is 2.69. The highest BCUT2D eigenvalue weighted by atomic mass is 19.1. The number of ketones is 1. The minimum atomic E-state index is -0.723. The quantitative estimate of drug-likeness (QED) is 0.724. The molecule has 1 unspecified atom stereocenters. The highest BCUT2D eigenvalue weighted by Gasteiger charge is 2.13. The predicted molar refractivity (Wildman–Crippen MR) is 56.4 cm³/mol. The van der Waals surface area contributed by atoms with Gasteiger partial charge in [-0.05, 0) is 31.5 Å². The second kappa shape index (κ2) is 5.70. The fourth-order valence-electron chi connectivity index (χ4n) is 1.12. The van der Waals surface area contributed by atoms with Gasteiger partial charge in [0.05, 0.1) is 11.7 Å². The monoisotopic (exact) mass is 228 g/mol. The number of Topliss-reactive ketones (excluding diaryl/α,β-unsaturated/α-hetero) is 1. The Morgan fingerprint density at radius 2 is 2.12 bits per heavy atom. The molecule has 1 rings (SSSR count). The van der Waals surface area contributed by atoms with Crippen LogP contribution in [0.2, 0.25) is 0 Å². The zero-order valence-corrected chi connectivity index (χ0v) is 9.30. The predicted octanol–water partition coefficient (Wildman–Crippen LogP) is 2.96. The summed E-state index contributed by atoms with van der Waals surface area (Å²) in [5.74, 6) is -1.90. The summed E-state index contributed by atoms with van der Waals surface area (Å²) in [5, 5.41) is 0. The average Bonchev–Trinajstić information content (AvgIpc) is 2.28. The maximum absolute atomic E-state index is 13.2. The Morgan fingerprint density at radius 1 is 1.44 bits per heavy atom. The lowest BCUT2D eigenvalue weighted by atomic mass is 10.1. The molecular weight excluding hydrogens is 214 g/mol. The third kappa shape index (κ3) is 3.38. The molecule has 2 nitrogen and oxygen atoms in total. The normalized spacial score (nSPS) is 12.5. The van der Waals surface area contributed by atoms with E-state index in [4.69, 9.17) is 4.74 Å². The summed E-state index contributed by atoms with van der Waals surface area (Å²) in [5.41, 5.74) is -0.261. The molecule has 1 aromatic rings. The van der Waals surface area contributed by atoms with Crippen molar-refractivity contribution in [3.05, 3.63) is 35.4 Å². The van der Waals surface area contributed by atoms with Crippen LogP contribution in [-0.2, 0) is 4.74 Å². The molecule has 16 heavy (non-hydrogen) atoms. The number of hydrogen-bond acceptors (Lipinski definition) is 2. The molecule has 88 valence electrons. The van der Waals surface area contributed by atoms with Crippen molar-refractivity contribution in [2.45, 2.75) is 26.4 Å². The van der Waals surface area contributed by atoms with Crippen LogP contribution in [0.4, 0.5) is 8.78 Å². The third-order valence-electron chi connectivity index (χ3n) is 2.30. The molecule has 4 heteroatoms. The first-order valence-corrected chi connectivity index (χ1v) is 5.14. The van der Waals surface area contributed by atoms with Gasteiger partial charge in [-0.3, -0.25) is 4.79 Å². The van der Waals surface area contributed by atoms with Crippen molar-refractivity contribution in [3.8, 4) is 0 Å². The number of carbonyl (C=O) groups excluding carboxylic acids is 1. The van der Waals surface area contributed by atoms with E-state index >= 15 is 0 Å². The van der Waals surface area contributed by atoms with Crippen molar-refractivity contribution in [2.75, 3.05) is 6.61 Å². The van der Waals surface area contributed by atoms with Crippen molar-refractivity contribution in [1.82, 2.24) is 0 Å². The molecular formula is C12H14F2O2. The Bertz CT molecular complexity index is 377. The smallest absolute Gasteiger partial charge is 0.191 e. The fraction of sp³-hybridized carbons (Fsp3) is 0.417. The first kappa shape index (κ1) is 12.8. The standard InChI is InChI=1S/C12H14F2O2/c1-3-8(2)16-7-12(15)10-6-9(13)4-5-11(10)14/h4-6,8H,3,7H2,1-2H3. The van der Waals surface area contributed by atoms with E-state index in [9.17, 15) is 13.6 Å². The lowest BCUT2D eigenvalue weighted by molar-refractivity contribution is 0.0508. The highest BCUT2D eigenvalue weighted by Crippen LogP contribution is 2.11. The Hall–Kier alpha value is -1.29. The van der Waals surface area contributed by atoms with Crippen LogP contribution < -0.4 is 0 Å². The third-order valence-corrected chi connectivity index (χ3v) is 2.30. The number of carbonyl (C=O) groups is 1. The Labute approximate surface area is 93.2 Å². The van der Waals surface area contributed by atoms with Gasteiger partial charge in [-0.1, -0.05) is 6.92 Å². The van der Waals surface area contributed by atoms with E-state index in [-0.39, 0.29) is 18.3 Å². The zero-order chi connectivity index (χ0) is 12.1. The second-order valence-electron chi connectivity index (χ2n) is 3.58. The van der Waals surface area contributed by atoms with Gasteiger partial charge in [0.1, 0.15) is 18.2 Å². The van der Waals surface area contributed by atoms with Crippen LogP contribution >= 0.6 is 0 Å². The number of halogens is 2. The lowest BCUT2D eigenvalue weighted by Gasteiger charge is -2.09. The molecule has 0 N–H and O–H groups in total. The summed E-state index contributed by atoms with van der Waals surface area (Å²) in [7, 11) is 0. The molecule has 0 spiro atoms. The molecule has 0 aliphatic heterocycles. The van der Waals surface area contributed by atoms with Gasteiger partial charge in [0.15, 0.2) is 5.78 Å². The number of ether oxygens (including phenoxy) is 1. The number of benzene rings is 1. The molecule has 0 aliphatic carbocycles. The van der Waals surface area contributed by atoms with E-state index < -0.39 is 17.4 Å². The molecule has 0 heterocycles. The van der Waals surface area contributed by atoms with Gasteiger partial charge in [-0.15, -0.1) is 0 Å². The Kier molecular flexibility index (Phi) is 4.55. The second-order valence-corrected chi connectivity index (χ2v) is 3.58. The summed E-state index contributed by atoms with van der Waals surface area (Å²) >= 11 is 0. The van der Waals surface area contributed by atoms with E-state index in [1.54, 1.807) is 0 Å². The average molecular weight is 228 g/mol. The molecule has 0 fully saturated rings. The molecule has 0 saturated carbocycles. The van der Waals surface area contributed by atoms with Crippen molar-refractivity contribution in [2.24, 2.45) is 0 Å². The van der Waals surface area contributed by atoms with Gasteiger partial charge in [0.25, 0.3) is 0 Å². The number of rotatable bonds is 5. The molecule has 0 amide bonds. The van der Waals surface area contributed by atoms with Gasteiger partial charge in [0, 0.05) is 0 Å². The van der Waals surface area contributed by atoms with Gasteiger partial charge in [0.2, 0.25) is 0 Å². The van der Waals surface area contributed by atoms with Crippen LogP contribution in [-0.4, -0.2) is 18.5 Å². The first-order valence-electron chi connectivity index (χ1n) is 5.14. The summed E-state index contributed by atoms with van der Waals surface area (Å²) < 4.78 is 31.2. The molecule has 1 aromatic carbocycles. The molecule has 0 aromatic heterocycles. The molecule has 0 bridgehead atoms. The largest absolute Gasteiger partial charge is 0.370 e. The molecule has 0 aliphatic rings. The lowest BCUT2D eigenvalue weighted by Crippen LogP contribution is -2.16. The van der Waals surface area contributed by atoms with Crippen molar-refractivity contribution < 1.29 is 18.3 Å². The van der Waals surface area contributed by atoms with E-state index in [1.807, 2.05) is 13.8 Å². The van der Waals surface area contributed by atoms with Crippen LogP contribution in [0.1, 0.15) is 30.6 Å². The van der Waals surface area contributed by atoms with E-state index in [0.29, 0.717) is 0 Å². The summed E-state index contributed by atoms with van der Waals surface area (Å²) in [6.07, 6.45) is 0.694. The maximum atomic E-state index is 13.2. The number of hydrogen-bond donors (Lipinski definition) is 0. The minimum absolute atomic E-state index is 0.0689. The highest BCUT2D eigenvalue weighted by molar-refractivity contribution is 5.97. The fourth-order valence-corrected chi connectivity index (χ4v) is 1.12. The van der Waals surface area contributed by atoms with Crippen molar-refractivity contribution in [3.63, 3.8) is 0 Å². The van der Waals surface area contributed by atoms with Gasteiger partial charge in [-0.2, -0.15) is 0 Å². The van der Waals surface area contributed by atoms with Gasteiger partial charge >= 0.3 is 0 Å². The van der Waals surface area contributed by atoms with Gasteiger partial charge < -0.3 is 4.74 Å². The maximum Gasteiger partial charge on any atom is 0.191 e. The molecule has 0 saturated heterocycles. The van der Waals surface area contributed by atoms with Crippen LogP contribution in [0.15, 0.2) is 18.2 Å². The summed E-state index contributed by atoms with van der Waals surface area (Å²) in [6, 6.07) is 2.80. The van der Waals surface area contributed by atoms with E-state index in [0.717, 1.165) is 24.6 Å². The van der Waals surface area contributed by atoms with Crippen molar-refractivity contribution in [1.29, 1.82) is 0 Å². The minimum Gasteiger partial charge on any atom is -0.370 e. The van der Waals surface area contributed by atoms with Gasteiger partial charge in [-0.25, -0.2) is 8.78 Å². The Morgan fingerprint density at radius 3 is 2.75 bits per heavy atom. The molecule has 0 radical (unpaired) electrons. The van der Waals surface area contributed by atoms with Crippen LogP contribution in [0.3, 0.4) is 0 Å².